The second kappa shape index (κ2) is 7.46. The zero-order chi connectivity index (χ0) is 13.8. The molecule has 5 heteroatoms. The molecule has 1 aliphatic rings. The van der Waals surface area contributed by atoms with Gasteiger partial charge in [0, 0.05) is 13.2 Å². The van der Waals surface area contributed by atoms with Gasteiger partial charge < -0.3 is 16.2 Å². The summed E-state index contributed by atoms with van der Waals surface area (Å²) in [5, 5.41) is 12.1. The minimum Gasteiger partial charge on any atom is -0.396 e. The Bertz CT molecular complexity index is 284. The highest BCUT2D eigenvalue weighted by Gasteiger charge is 2.35. The first-order valence-electron chi connectivity index (χ1n) is 6.95. The van der Waals surface area contributed by atoms with Crippen molar-refractivity contribution in [1.29, 1.82) is 0 Å². The van der Waals surface area contributed by atoms with E-state index >= 15 is 0 Å². The number of halogens is 1. The highest BCUT2D eigenvalue weighted by molar-refractivity contribution is 5.85. The third kappa shape index (κ3) is 5.28. The standard InChI is InChI=1S/C14H28N2O2.ClH/c1-13(2,3)11(15)12(18)16-10-14(8-9-17)6-4-5-7-14;/h11,17H,4-10,15H2,1-3H3,(H,16,18);1H/t11-;/m1./s1. The molecule has 1 rings (SSSR count). The SMILES string of the molecule is CC(C)(C)[C@H](N)C(=O)NCC1(CCO)CCCC1.Cl. The molecule has 0 aromatic heterocycles. The Labute approximate surface area is 122 Å². The number of amides is 1. The van der Waals surface area contributed by atoms with E-state index in [1.165, 1.54) is 12.8 Å². The normalized spacial score (nSPS) is 19.6. The van der Waals surface area contributed by atoms with Crippen LogP contribution in [0.15, 0.2) is 0 Å². The highest BCUT2D eigenvalue weighted by Crippen LogP contribution is 2.40. The molecule has 1 fully saturated rings. The Morgan fingerprint density at radius 3 is 2.32 bits per heavy atom. The van der Waals surface area contributed by atoms with Crippen LogP contribution >= 0.6 is 12.4 Å². The van der Waals surface area contributed by atoms with Gasteiger partial charge in [0.1, 0.15) is 0 Å². The van der Waals surface area contributed by atoms with Gasteiger partial charge in [-0.3, -0.25) is 4.79 Å². The summed E-state index contributed by atoms with van der Waals surface area (Å²) in [5.41, 5.74) is 5.82. The molecule has 0 aromatic carbocycles. The maximum atomic E-state index is 12.0. The van der Waals surface area contributed by atoms with Gasteiger partial charge in [0.2, 0.25) is 5.91 Å². The lowest BCUT2D eigenvalue weighted by atomic mass is 9.82. The molecule has 0 heterocycles. The quantitative estimate of drug-likeness (QED) is 0.724. The van der Waals surface area contributed by atoms with Crippen molar-refractivity contribution in [1.82, 2.24) is 5.32 Å². The molecule has 1 aliphatic carbocycles. The van der Waals surface area contributed by atoms with Crippen LogP contribution in [0.1, 0.15) is 52.9 Å². The van der Waals surface area contributed by atoms with E-state index in [1.807, 2.05) is 20.8 Å². The molecule has 114 valence electrons. The second-order valence-electron chi connectivity index (χ2n) is 6.74. The molecule has 0 aromatic rings. The van der Waals surface area contributed by atoms with Crippen molar-refractivity contribution in [2.24, 2.45) is 16.6 Å². The molecule has 0 aliphatic heterocycles. The van der Waals surface area contributed by atoms with E-state index in [0.717, 1.165) is 19.3 Å². The number of aliphatic hydroxyl groups excluding tert-OH is 1. The Morgan fingerprint density at radius 2 is 1.89 bits per heavy atom. The topological polar surface area (TPSA) is 75.4 Å². The fourth-order valence-corrected chi connectivity index (χ4v) is 2.66. The first kappa shape index (κ1) is 18.7. The molecule has 0 bridgehead atoms. The van der Waals surface area contributed by atoms with Crippen molar-refractivity contribution in [3.8, 4) is 0 Å². The zero-order valence-electron chi connectivity index (χ0n) is 12.4. The van der Waals surface area contributed by atoms with Gasteiger partial charge in [0.25, 0.3) is 0 Å². The minimum atomic E-state index is -0.481. The molecule has 0 spiro atoms. The van der Waals surface area contributed by atoms with Crippen LogP contribution in [0.25, 0.3) is 0 Å². The third-order valence-corrected chi connectivity index (χ3v) is 4.16. The van der Waals surface area contributed by atoms with Crippen LogP contribution in [0.5, 0.6) is 0 Å². The fraction of sp³-hybridized carbons (Fsp3) is 0.929. The van der Waals surface area contributed by atoms with Crippen LogP contribution in [0.4, 0.5) is 0 Å². The summed E-state index contributed by atoms with van der Waals surface area (Å²) in [7, 11) is 0. The summed E-state index contributed by atoms with van der Waals surface area (Å²) >= 11 is 0. The summed E-state index contributed by atoms with van der Waals surface area (Å²) in [4.78, 5) is 12.0. The van der Waals surface area contributed by atoms with E-state index < -0.39 is 6.04 Å². The van der Waals surface area contributed by atoms with E-state index in [2.05, 4.69) is 5.32 Å². The third-order valence-electron chi connectivity index (χ3n) is 4.16. The number of hydrogen-bond acceptors (Lipinski definition) is 3. The molecule has 19 heavy (non-hydrogen) atoms. The molecule has 1 saturated carbocycles. The monoisotopic (exact) mass is 292 g/mol. The summed E-state index contributed by atoms with van der Waals surface area (Å²) in [6.45, 7) is 6.75. The van der Waals surface area contributed by atoms with Gasteiger partial charge in [0.05, 0.1) is 6.04 Å². The van der Waals surface area contributed by atoms with E-state index in [4.69, 9.17) is 10.8 Å². The van der Waals surface area contributed by atoms with Crippen LogP contribution in [-0.2, 0) is 4.79 Å². The number of carbonyl (C=O) groups is 1. The number of carbonyl (C=O) groups excluding carboxylic acids is 1. The number of nitrogens with one attached hydrogen (secondary N) is 1. The Hall–Kier alpha value is -0.320. The number of hydrogen-bond donors (Lipinski definition) is 3. The van der Waals surface area contributed by atoms with Crippen LogP contribution in [0.3, 0.4) is 0 Å². The first-order valence-corrected chi connectivity index (χ1v) is 6.95. The summed E-state index contributed by atoms with van der Waals surface area (Å²) in [5.74, 6) is -0.0771. The van der Waals surface area contributed by atoms with Crippen molar-refractivity contribution >= 4 is 18.3 Å². The Kier molecular flexibility index (Phi) is 7.33. The maximum Gasteiger partial charge on any atom is 0.237 e. The van der Waals surface area contributed by atoms with Gasteiger partial charge in [-0.25, -0.2) is 0 Å². The van der Waals surface area contributed by atoms with Crippen molar-refractivity contribution < 1.29 is 9.90 Å². The molecular weight excluding hydrogens is 264 g/mol. The highest BCUT2D eigenvalue weighted by atomic mass is 35.5. The first-order chi connectivity index (χ1) is 8.31. The molecule has 4 N–H and O–H groups in total. The largest absolute Gasteiger partial charge is 0.396 e. The predicted octanol–water partition coefficient (Wildman–Crippen LogP) is 1.84. The lowest BCUT2D eigenvalue weighted by Gasteiger charge is -2.31. The van der Waals surface area contributed by atoms with E-state index in [1.54, 1.807) is 0 Å². The molecule has 0 unspecified atom stereocenters. The maximum absolute atomic E-state index is 12.0. The predicted molar refractivity (Wildman–Crippen MR) is 80.3 cm³/mol. The van der Waals surface area contributed by atoms with E-state index in [-0.39, 0.29) is 35.8 Å². The van der Waals surface area contributed by atoms with Crippen LogP contribution < -0.4 is 11.1 Å². The molecule has 4 nitrogen and oxygen atoms in total. The Morgan fingerprint density at radius 1 is 1.37 bits per heavy atom. The van der Waals surface area contributed by atoms with Gasteiger partial charge >= 0.3 is 0 Å². The lowest BCUT2D eigenvalue weighted by Crippen LogP contribution is -2.50. The molecule has 0 saturated heterocycles. The van der Waals surface area contributed by atoms with E-state index in [9.17, 15) is 4.79 Å². The average molecular weight is 293 g/mol. The lowest BCUT2D eigenvalue weighted by molar-refractivity contribution is -0.125. The van der Waals surface area contributed by atoms with E-state index in [0.29, 0.717) is 6.54 Å². The summed E-state index contributed by atoms with van der Waals surface area (Å²) < 4.78 is 0. The van der Waals surface area contributed by atoms with Crippen molar-refractivity contribution in [3.63, 3.8) is 0 Å². The van der Waals surface area contributed by atoms with Gasteiger partial charge in [0.15, 0.2) is 0 Å². The molecule has 0 radical (unpaired) electrons. The van der Waals surface area contributed by atoms with Crippen LogP contribution in [-0.4, -0.2) is 30.2 Å². The van der Waals surface area contributed by atoms with Crippen molar-refractivity contribution in [3.05, 3.63) is 0 Å². The van der Waals surface area contributed by atoms with Gasteiger partial charge in [-0.15, -0.1) is 12.4 Å². The average Bonchev–Trinajstić information content (AvgIpc) is 2.73. The molecule has 1 atom stereocenters. The van der Waals surface area contributed by atoms with Crippen molar-refractivity contribution in [2.45, 2.75) is 58.9 Å². The Balaban J connectivity index is 0.00000324. The zero-order valence-corrected chi connectivity index (χ0v) is 13.2. The van der Waals surface area contributed by atoms with Crippen LogP contribution in [0, 0.1) is 10.8 Å². The summed E-state index contributed by atoms with van der Waals surface area (Å²) in [6.07, 6.45) is 5.36. The van der Waals surface area contributed by atoms with Gasteiger partial charge in [-0.2, -0.15) is 0 Å². The summed E-state index contributed by atoms with van der Waals surface area (Å²) in [6, 6.07) is -0.481. The smallest absolute Gasteiger partial charge is 0.237 e. The minimum absolute atomic E-state index is 0. The second-order valence-corrected chi connectivity index (χ2v) is 6.74. The fourth-order valence-electron chi connectivity index (χ4n) is 2.66. The molecule has 1 amide bonds. The van der Waals surface area contributed by atoms with Gasteiger partial charge in [-0.05, 0) is 30.1 Å². The number of rotatable bonds is 5. The molecular formula is C14H29ClN2O2. The van der Waals surface area contributed by atoms with Crippen molar-refractivity contribution in [2.75, 3.05) is 13.2 Å². The number of nitrogens with two attached hydrogens (primary N) is 1. The van der Waals surface area contributed by atoms with Crippen LogP contribution in [0.2, 0.25) is 0 Å². The number of aliphatic hydroxyl groups is 1. The van der Waals surface area contributed by atoms with Gasteiger partial charge in [-0.1, -0.05) is 33.6 Å².